The first-order chi connectivity index (χ1) is 7.40. The minimum atomic E-state index is 0.335. The number of nitrogens with zero attached hydrogens (tertiary/aromatic N) is 1. The standard InChI is InChI=1S/C11H19N3O/c1-12-7-5-9-8-15-11(14-9)10-4-2-3-6-13-10/h8,10,12-13H,2-7H2,1H3. The Hall–Kier alpha value is -0.870. The van der Waals surface area contributed by atoms with Crippen LogP contribution < -0.4 is 10.6 Å². The summed E-state index contributed by atoms with van der Waals surface area (Å²) in [4.78, 5) is 4.50. The van der Waals surface area contributed by atoms with Gasteiger partial charge in [0.1, 0.15) is 6.26 Å². The Morgan fingerprint density at radius 1 is 1.60 bits per heavy atom. The summed E-state index contributed by atoms with van der Waals surface area (Å²) >= 11 is 0. The Kier molecular flexibility index (Phi) is 3.75. The van der Waals surface area contributed by atoms with Crippen LogP contribution in [-0.2, 0) is 6.42 Å². The molecule has 1 fully saturated rings. The van der Waals surface area contributed by atoms with Gasteiger partial charge in [-0.1, -0.05) is 6.42 Å². The van der Waals surface area contributed by atoms with Crippen LogP contribution in [0.1, 0.15) is 36.9 Å². The van der Waals surface area contributed by atoms with Gasteiger partial charge in [-0.25, -0.2) is 4.98 Å². The molecule has 1 aromatic heterocycles. The van der Waals surface area contributed by atoms with Gasteiger partial charge >= 0.3 is 0 Å². The molecule has 1 unspecified atom stereocenters. The summed E-state index contributed by atoms with van der Waals surface area (Å²) in [6, 6.07) is 0.335. The Morgan fingerprint density at radius 2 is 2.53 bits per heavy atom. The molecule has 1 aromatic rings. The van der Waals surface area contributed by atoms with Crippen molar-refractivity contribution in [1.82, 2.24) is 15.6 Å². The van der Waals surface area contributed by atoms with Crippen molar-refractivity contribution >= 4 is 0 Å². The van der Waals surface area contributed by atoms with Gasteiger partial charge in [-0.05, 0) is 26.4 Å². The minimum absolute atomic E-state index is 0.335. The van der Waals surface area contributed by atoms with E-state index in [4.69, 9.17) is 4.42 Å². The fraction of sp³-hybridized carbons (Fsp3) is 0.727. The van der Waals surface area contributed by atoms with Crippen molar-refractivity contribution in [2.24, 2.45) is 0 Å². The van der Waals surface area contributed by atoms with E-state index < -0.39 is 0 Å². The maximum absolute atomic E-state index is 5.50. The van der Waals surface area contributed by atoms with Crippen LogP contribution in [0.2, 0.25) is 0 Å². The van der Waals surface area contributed by atoms with E-state index in [0.29, 0.717) is 6.04 Å². The summed E-state index contributed by atoms with van der Waals surface area (Å²) in [5.41, 5.74) is 1.05. The molecule has 1 aliphatic rings. The SMILES string of the molecule is CNCCc1coc(C2CCCCN2)n1. The third kappa shape index (κ3) is 2.79. The minimum Gasteiger partial charge on any atom is -0.447 e. The van der Waals surface area contributed by atoms with Gasteiger partial charge in [0.15, 0.2) is 0 Å². The van der Waals surface area contributed by atoms with Crippen molar-refractivity contribution < 1.29 is 4.42 Å². The van der Waals surface area contributed by atoms with E-state index in [0.717, 1.165) is 37.5 Å². The molecule has 0 aliphatic carbocycles. The molecule has 1 saturated heterocycles. The highest BCUT2D eigenvalue weighted by molar-refractivity contribution is 5.01. The summed E-state index contributed by atoms with van der Waals surface area (Å²) in [6.45, 7) is 2.03. The van der Waals surface area contributed by atoms with Gasteiger partial charge in [0, 0.05) is 13.0 Å². The zero-order chi connectivity index (χ0) is 10.5. The summed E-state index contributed by atoms with van der Waals surface area (Å²) < 4.78 is 5.50. The van der Waals surface area contributed by atoms with E-state index in [1.54, 1.807) is 6.26 Å². The van der Waals surface area contributed by atoms with Crippen molar-refractivity contribution in [1.29, 1.82) is 0 Å². The Labute approximate surface area is 90.5 Å². The van der Waals surface area contributed by atoms with E-state index in [-0.39, 0.29) is 0 Å². The smallest absolute Gasteiger partial charge is 0.211 e. The molecular formula is C11H19N3O. The molecule has 0 aromatic carbocycles. The van der Waals surface area contributed by atoms with Gasteiger partial charge in [0.05, 0.1) is 11.7 Å². The maximum atomic E-state index is 5.50. The van der Waals surface area contributed by atoms with Crippen LogP contribution in [0.4, 0.5) is 0 Å². The monoisotopic (exact) mass is 209 g/mol. The van der Waals surface area contributed by atoms with Gasteiger partial charge in [0.25, 0.3) is 0 Å². The average Bonchev–Trinajstić information content (AvgIpc) is 2.76. The lowest BCUT2D eigenvalue weighted by Gasteiger charge is -2.20. The van der Waals surface area contributed by atoms with Crippen molar-refractivity contribution in [2.75, 3.05) is 20.1 Å². The quantitative estimate of drug-likeness (QED) is 0.783. The molecule has 0 bridgehead atoms. The normalized spacial score (nSPS) is 21.8. The predicted molar refractivity (Wildman–Crippen MR) is 58.7 cm³/mol. The first-order valence-corrected chi connectivity index (χ1v) is 5.72. The molecule has 15 heavy (non-hydrogen) atoms. The highest BCUT2D eigenvalue weighted by Crippen LogP contribution is 2.22. The third-order valence-electron chi connectivity index (χ3n) is 2.81. The second kappa shape index (κ2) is 5.28. The van der Waals surface area contributed by atoms with E-state index in [1.165, 1.54) is 12.8 Å². The number of likely N-dealkylation sites (N-methyl/N-ethyl adjacent to an activating group) is 1. The molecular weight excluding hydrogens is 190 g/mol. The Balaban J connectivity index is 1.93. The number of piperidine rings is 1. The number of hydrogen-bond donors (Lipinski definition) is 2. The molecule has 4 nitrogen and oxygen atoms in total. The number of oxazole rings is 1. The lowest BCUT2D eigenvalue weighted by atomic mass is 10.1. The molecule has 2 rings (SSSR count). The first kappa shape index (κ1) is 10.6. The predicted octanol–water partition coefficient (Wildman–Crippen LogP) is 1.25. The van der Waals surface area contributed by atoms with Gasteiger partial charge in [-0.3, -0.25) is 0 Å². The molecule has 2 heterocycles. The van der Waals surface area contributed by atoms with E-state index >= 15 is 0 Å². The maximum Gasteiger partial charge on any atom is 0.211 e. The number of nitrogens with one attached hydrogen (secondary N) is 2. The van der Waals surface area contributed by atoms with Crippen LogP contribution in [0, 0.1) is 0 Å². The van der Waals surface area contributed by atoms with Crippen molar-refractivity contribution in [3.63, 3.8) is 0 Å². The van der Waals surface area contributed by atoms with E-state index in [1.807, 2.05) is 7.05 Å². The van der Waals surface area contributed by atoms with Crippen LogP contribution in [0.5, 0.6) is 0 Å². The van der Waals surface area contributed by atoms with Crippen molar-refractivity contribution in [3.8, 4) is 0 Å². The van der Waals surface area contributed by atoms with E-state index in [2.05, 4.69) is 15.6 Å². The lowest BCUT2D eigenvalue weighted by molar-refractivity contribution is 0.338. The lowest BCUT2D eigenvalue weighted by Crippen LogP contribution is -2.27. The highest BCUT2D eigenvalue weighted by atomic mass is 16.3. The largest absolute Gasteiger partial charge is 0.447 e. The van der Waals surface area contributed by atoms with Crippen LogP contribution in [-0.4, -0.2) is 25.1 Å². The summed E-state index contributed by atoms with van der Waals surface area (Å²) in [5, 5.41) is 6.54. The first-order valence-electron chi connectivity index (χ1n) is 5.72. The van der Waals surface area contributed by atoms with E-state index in [9.17, 15) is 0 Å². The summed E-state index contributed by atoms with van der Waals surface area (Å²) in [6.07, 6.45) is 6.40. The van der Waals surface area contributed by atoms with Gasteiger partial charge in [0.2, 0.25) is 5.89 Å². The van der Waals surface area contributed by atoms with Gasteiger partial charge in [-0.15, -0.1) is 0 Å². The summed E-state index contributed by atoms with van der Waals surface area (Å²) in [7, 11) is 1.95. The molecule has 84 valence electrons. The average molecular weight is 209 g/mol. The molecule has 1 aliphatic heterocycles. The molecule has 1 atom stereocenters. The highest BCUT2D eigenvalue weighted by Gasteiger charge is 2.19. The zero-order valence-electron chi connectivity index (χ0n) is 9.25. The van der Waals surface area contributed by atoms with Gasteiger partial charge < -0.3 is 15.1 Å². The van der Waals surface area contributed by atoms with Crippen LogP contribution >= 0.6 is 0 Å². The van der Waals surface area contributed by atoms with Crippen LogP contribution in [0.3, 0.4) is 0 Å². The number of aromatic nitrogens is 1. The summed E-state index contributed by atoms with van der Waals surface area (Å²) in [5.74, 6) is 0.862. The fourth-order valence-electron chi connectivity index (χ4n) is 1.91. The second-order valence-corrected chi connectivity index (χ2v) is 4.03. The molecule has 0 amide bonds. The van der Waals surface area contributed by atoms with Crippen molar-refractivity contribution in [2.45, 2.75) is 31.7 Å². The van der Waals surface area contributed by atoms with Crippen LogP contribution in [0.15, 0.2) is 10.7 Å². The molecule has 0 saturated carbocycles. The van der Waals surface area contributed by atoms with Crippen molar-refractivity contribution in [3.05, 3.63) is 17.8 Å². The molecule has 4 heteroatoms. The van der Waals surface area contributed by atoms with Gasteiger partial charge in [-0.2, -0.15) is 0 Å². The third-order valence-corrected chi connectivity index (χ3v) is 2.81. The molecule has 0 spiro atoms. The second-order valence-electron chi connectivity index (χ2n) is 4.03. The topological polar surface area (TPSA) is 50.1 Å². The number of hydrogen-bond acceptors (Lipinski definition) is 4. The Bertz CT molecular complexity index is 292. The number of rotatable bonds is 4. The Morgan fingerprint density at radius 3 is 3.27 bits per heavy atom. The molecule has 0 radical (unpaired) electrons. The zero-order valence-corrected chi connectivity index (χ0v) is 9.25. The molecule has 2 N–H and O–H groups in total. The fourth-order valence-corrected chi connectivity index (χ4v) is 1.91. The van der Waals surface area contributed by atoms with Crippen LogP contribution in [0.25, 0.3) is 0 Å².